The lowest BCUT2D eigenvalue weighted by atomic mass is 9.88. The lowest BCUT2D eigenvalue weighted by Crippen LogP contribution is -2.20. The smallest absolute Gasteiger partial charge is 0.321 e. The van der Waals surface area contributed by atoms with Gasteiger partial charge in [-0.1, -0.05) is 20.8 Å². The molecule has 0 bridgehead atoms. The second-order valence-corrected chi connectivity index (χ2v) is 7.35. The average Bonchev–Trinajstić information content (AvgIpc) is 2.73. The van der Waals surface area contributed by atoms with Crippen LogP contribution in [0.1, 0.15) is 32.0 Å². The number of benzene rings is 1. The second-order valence-electron chi connectivity index (χ2n) is 7.35. The van der Waals surface area contributed by atoms with Crippen LogP contribution in [0.5, 0.6) is 11.5 Å². The van der Waals surface area contributed by atoms with Crippen LogP contribution in [0.25, 0.3) is 0 Å². The van der Waals surface area contributed by atoms with Gasteiger partial charge in [0.25, 0.3) is 0 Å². The SMILES string of the molecule is CC(C)(C)c1ccnc(N(OC=O)c2ccc(Oc3ccnc(C#N)c3)c(F)c2)c1. The first kappa shape index (κ1) is 20.7. The Morgan fingerprint density at radius 1 is 1.10 bits per heavy atom. The van der Waals surface area contributed by atoms with Gasteiger partial charge in [-0.2, -0.15) is 10.3 Å². The summed E-state index contributed by atoms with van der Waals surface area (Å²) in [5.41, 5.74) is 1.22. The Hall–Kier alpha value is -3.99. The van der Waals surface area contributed by atoms with Crippen LogP contribution in [0.4, 0.5) is 15.9 Å². The van der Waals surface area contributed by atoms with Crippen molar-refractivity contribution >= 4 is 18.0 Å². The molecule has 0 atom stereocenters. The number of hydrogen-bond donors (Lipinski definition) is 0. The predicted molar refractivity (Wildman–Crippen MR) is 108 cm³/mol. The normalized spacial score (nSPS) is 10.8. The Morgan fingerprint density at radius 2 is 1.87 bits per heavy atom. The van der Waals surface area contributed by atoms with Crippen LogP contribution in [0.2, 0.25) is 0 Å². The third-order valence-electron chi connectivity index (χ3n) is 4.19. The minimum absolute atomic E-state index is 0.0590. The molecule has 3 aromatic rings. The molecular formula is C22H19FN4O3. The zero-order chi connectivity index (χ0) is 21.7. The van der Waals surface area contributed by atoms with Gasteiger partial charge < -0.3 is 9.57 Å². The van der Waals surface area contributed by atoms with Crippen LogP contribution in [0.15, 0.2) is 54.9 Å². The van der Waals surface area contributed by atoms with Crippen LogP contribution >= 0.6 is 0 Å². The van der Waals surface area contributed by atoms with Crippen LogP contribution < -0.4 is 9.80 Å². The molecule has 0 spiro atoms. The number of carbonyl (C=O) groups excluding carboxylic acids is 1. The summed E-state index contributed by atoms with van der Waals surface area (Å²) in [6.07, 6.45) is 2.99. The number of ether oxygens (including phenoxy) is 1. The average molecular weight is 406 g/mol. The topological polar surface area (TPSA) is 88.3 Å². The molecule has 2 aromatic heterocycles. The molecule has 0 fully saturated rings. The van der Waals surface area contributed by atoms with Gasteiger partial charge in [0.1, 0.15) is 17.5 Å². The number of hydrogen-bond acceptors (Lipinski definition) is 7. The fourth-order valence-corrected chi connectivity index (χ4v) is 2.65. The summed E-state index contributed by atoms with van der Waals surface area (Å²) in [4.78, 5) is 24.2. The van der Waals surface area contributed by atoms with Gasteiger partial charge in [-0.15, -0.1) is 0 Å². The molecule has 0 saturated carbocycles. The van der Waals surface area contributed by atoms with Crippen molar-refractivity contribution in [3.63, 3.8) is 0 Å². The summed E-state index contributed by atoms with van der Waals surface area (Å²) in [5, 5.41) is 10.0. The molecular weight excluding hydrogens is 387 g/mol. The monoisotopic (exact) mass is 406 g/mol. The van der Waals surface area contributed by atoms with Crippen molar-refractivity contribution in [3.05, 3.63) is 71.9 Å². The molecule has 0 unspecified atom stereocenters. The van der Waals surface area contributed by atoms with E-state index in [9.17, 15) is 9.18 Å². The van der Waals surface area contributed by atoms with E-state index in [4.69, 9.17) is 14.8 Å². The number of nitrogens with zero attached hydrogens (tertiary/aromatic N) is 4. The zero-order valence-electron chi connectivity index (χ0n) is 16.7. The summed E-state index contributed by atoms with van der Waals surface area (Å²) < 4.78 is 20.2. The van der Waals surface area contributed by atoms with Crippen molar-refractivity contribution in [2.75, 3.05) is 5.06 Å². The van der Waals surface area contributed by atoms with Crippen LogP contribution in [0, 0.1) is 17.1 Å². The number of rotatable bonds is 6. The molecule has 30 heavy (non-hydrogen) atoms. The lowest BCUT2D eigenvalue weighted by Gasteiger charge is -2.24. The standard InChI is InChI=1S/C22H19FN4O3/c1-22(2,3)15-6-8-26-21(10-15)27(29-14-28)17-4-5-20(19(23)12-17)30-18-7-9-25-16(11-18)13-24/h4-12,14H,1-3H3. The van der Waals surface area contributed by atoms with E-state index in [1.807, 2.05) is 32.9 Å². The van der Waals surface area contributed by atoms with Crippen LogP contribution in [0.3, 0.4) is 0 Å². The number of aromatic nitrogens is 2. The first-order chi connectivity index (χ1) is 14.3. The Labute approximate surface area is 173 Å². The molecule has 0 aliphatic heterocycles. The van der Waals surface area contributed by atoms with Crippen molar-refractivity contribution in [2.24, 2.45) is 0 Å². The number of carbonyl (C=O) groups is 1. The Morgan fingerprint density at radius 3 is 2.53 bits per heavy atom. The fraction of sp³-hybridized carbons (Fsp3) is 0.182. The van der Waals surface area contributed by atoms with Gasteiger partial charge >= 0.3 is 6.47 Å². The fourth-order valence-electron chi connectivity index (χ4n) is 2.65. The lowest BCUT2D eigenvalue weighted by molar-refractivity contribution is -0.128. The Bertz CT molecular complexity index is 1110. The quantitative estimate of drug-likeness (QED) is 0.429. The van der Waals surface area contributed by atoms with Gasteiger partial charge in [-0.25, -0.2) is 14.4 Å². The molecule has 0 N–H and O–H groups in total. The van der Waals surface area contributed by atoms with Crippen molar-refractivity contribution in [2.45, 2.75) is 26.2 Å². The molecule has 7 nitrogen and oxygen atoms in total. The summed E-state index contributed by atoms with van der Waals surface area (Å²) in [6.45, 7) is 6.37. The molecule has 0 aliphatic carbocycles. The molecule has 152 valence electrons. The largest absolute Gasteiger partial charge is 0.454 e. The van der Waals surface area contributed by atoms with Crippen molar-refractivity contribution in [1.29, 1.82) is 5.26 Å². The summed E-state index contributed by atoms with van der Waals surface area (Å²) in [6, 6.07) is 12.5. The first-order valence-electron chi connectivity index (χ1n) is 9.02. The zero-order valence-corrected chi connectivity index (χ0v) is 16.7. The van der Waals surface area contributed by atoms with E-state index >= 15 is 0 Å². The Kier molecular flexibility index (Phi) is 5.93. The molecule has 0 aliphatic rings. The number of anilines is 2. The van der Waals surface area contributed by atoms with E-state index in [1.165, 1.54) is 30.5 Å². The van der Waals surface area contributed by atoms with E-state index in [2.05, 4.69) is 9.97 Å². The number of halogens is 1. The molecule has 2 heterocycles. The maximum atomic E-state index is 14.7. The minimum atomic E-state index is -0.686. The molecule has 0 amide bonds. The van der Waals surface area contributed by atoms with E-state index in [0.29, 0.717) is 5.82 Å². The predicted octanol–water partition coefficient (Wildman–Crippen LogP) is 4.80. The third kappa shape index (κ3) is 4.70. The molecule has 0 saturated heterocycles. The van der Waals surface area contributed by atoms with E-state index < -0.39 is 5.82 Å². The molecule has 0 radical (unpaired) electrons. The minimum Gasteiger partial charge on any atom is -0.454 e. The van der Waals surface area contributed by atoms with Crippen molar-refractivity contribution in [3.8, 4) is 17.6 Å². The van der Waals surface area contributed by atoms with Gasteiger partial charge in [0.05, 0.1) is 5.69 Å². The molecule has 8 heteroatoms. The molecule has 3 rings (SSSR count). The summed E-state index contributed by atoms with van der Waals surface area (Å²) >= 11 is 0. The maximum Gasteiger partial charge on any atom is 0.321 e. The second kappa shape index (κ2) is 8.57. The van der Waals surface area contributed by atoms with E-state index in [0.717, 1.165) is 16.7 Å². The van der Waals surface area contributed by atoms with Crippen molar-refractivity contribution < 1.29 is 18.8 Å². The maximum absolute atomic E-state index is 14.7. The van der Waals surface area contributed by atoms with Crippen LogP contribution in [-0.4, -0.2) is 16.4 Å². The number of pyridine rings is 2. The van der Waals surface area contributed by atoms with Gasteiger partial charge in [0, 0.05) is 24.5 Å². The highest BCUT2D eigenvalue weighted by Crippen LogP contribution is 2.32. The number of nitriles is 1. The highest BCUT2D eigenvalue weighted by Gasteiger charge is 2.19. The van der Waals surface area contributed by atoms with Gasteiger partial charge in [0.2, 0.25) is 0 Å². The summed E-state index contributed by atoms with van der Waals surface area (Å²) in [5.74, 6) is -0.144. The third-order valence-corrected chi connectivity index (χ3v) is 4.19. The van der Waals surface area contributed by atoms with E-state index in [-0.39, 0.29) is 34.8 Å². The molecule has 1 aromatic carbocycles. The summed E-state index contributed by atoms with van der Waals surface area (Å²) in [7, 11) is 0. The van der Waals surface area contributed by atoms with Gasteiger partial charge in [0.15, 0.2) is 17.4 Å². The van der Waals surface area contributed by atoms with E-state index in [1.54, 1.807) is 12.3 Å². The first-order valence-corrected chi connectivity index (χ1v) is 9.02. The van der Waals surface area contributed by atoms with Gasteiger partial charge in [-0.3, -0.25) is 4.79 Å². The van der Waals surface area contributed by atoms with Gasteiger partial charge in [-0.05, 0) is 41.3 Å². The van der Waals surface area contributed by atoms with Crippen molar-refractivity contribution in [1.82, 2.24) is 9.97 Å². The highest BCUT2D eigenvalue weighted by atomic mass is 19.1. The highest BCUT2D eigenvalue weighted by molar-refractivity contribution is 5.62. The van der Waals surface area contributed by atoms with Crippen LogP contribution in [-0.2, 0) is 15.0 Å². The Balaban J connectivity index is 1.92.